The topological polar surface area (TPSA) is 68.4 Å². The molecule has 0 aliphatic heterocycles. The molecule has 5 nitrogen and oxygen atoms in total. The Hall–Kier alpha value is -3.08. The molecule has 1 aromatic heterocycles. The lowest BCUT2D eigenvalue weighted by atomic mass is 10.0. The minimum absolute atomic E-state index is 0.232. The van der Waals surface area contributed by atoms with E-state index in [1.165, 1.54) is 0 Å². The van der Waals surface area contributed by atoms with Crippen molar-refractivity contribution in [3.8, 4) is 5.75 Å². The van der Waals surface area contributed by atoms with E-state index in [-0.39, 0.29) is 12.4 Å². The molecular weight excluding hydrogens is 330 g/mol. The summed E-state index contributed by atoms with van der Waals surface area (Å²) >= 11 is 0. The number of hydrogen-bond donors (Lipinski definition) is 1. The van der Waals surface area contributed by atoms with E-state index >= 15 is 0 Å². The van der Waals surface area contributed by atoms with E-state index in [0.717, 1.165) is 22.2 Å². The van der Waals surface area contributed by atoms with Gasteiger partial charge in [-0.3, -0.25) is 4.79 Å². The molecule has 0 saturated carbocycles. The van der Waals surface area contributed by atoms with Crippen LogP contribution in [-0.4, -0.2) is 29.4 Å². The third-order valence-corrected chi connectivity index (χ3v) is 4.26. The van der Waals surface area contributed by atoms with Gasteiger partial charge in [0.05, 0.1) is 0 Å². The minimum atomic E-state index is -0.888. The van der Waals surface area contributed by atoms with Crippen molar-refractivity contribution in [2.24, 2.45) is 0 Å². The Morgan fingerprint density at radius 3 is 2.50 bits per heavy atom. The van der Waals surface area contributed by atoms with E-state index in [2.05, 4.69) is 4.98 Å². The smallest absolute Gasteiger partial charge is 0.344 e. The van der Waals surface area contributed by atoms with Gasteiger partial charge >= 0.3 is 5.97 Å². The predicted molar refractivity (Wildman–Crippen MR) is 99.6 cm³/mol. The standard InChI is InChI=1S/C21H21NO4/c1-13-8-4-7-11-18(13)25-12-19(23)26-15(3)21(24)20-14(2)22-17-10-6-5-9-16(17)20/h4-11,15,22H,12H2,1-3H3/t15-/m0/s1. The number of H-pyrrole nitrogens is 1. The van der Waals surface area contributed by atoms with E-state index < -0.39 is 12.1 Å². The van der Waals surface area contributed by atoms with Crippen LogP contribution in [0.3, 0.4) is 0 Å². The molecule has 1 N–H and O–H groups in total. The van der Waals surface area contributed by atoms with E-state index in [0.29, 0.717) is 11.3 Å². The molecule has 0 spiro atoms. The number of benzene rings is 2. The second-order valence-electron chi connectivity index (χ2n) is 6.22. The second kappa shape index (κ2) is 7.44. The molecular formula is C21H21NO4. The van der Waals surface area contributed by atoms with E-state index in [1.54, 1.807) is 13.0 Å². The Morgan fingerprint density at radius 1 is 1.04 bits per heavy atom. The Morgan fingerprint density at radius 2 is 1.73 bits per heavy atom. The number of carbonyl (C=O) groups excluding carboxylic acids is 2. The number of ketones is 1. The fourth-order valence-corrected chi connectivity index (χ4v) is 2.94. The van der Waals surface area contributed by atoms with Crippen LogP contribution in [0.15, 0.2) is 48.5 Å². The molecule has 3 rings (SSSR count). The number of esters is 1. The molecule has 0 bridgehead atoms. The maximum atomic E-state index is 12.8. The Balaban J connectivity index is 1.66. The number of ether oxygens (including phenoxy) is 2. The van der Waals surface area contributed by atoms with Crippen molar-refractivity contribution in [1.29, 1.82) is 0 Å². The van der Waals surface area contributed by atoms with Gasteiger partial charge in [-0.05, 0) is 38.5 Å². The molecule has 0 amide bonds. The maximum Gasteiger partial charge on any atom is 0.344 e. The summed E-state index contributed by atoms with van der Waals surface area (Å²) in [6, 6.07) is 15.0. The number of rotatable bonds is 6. The molecule has 0 aliphatic rings. The average molecular weight is 351 g/mol. The van der Waals surface area contributed by atoms with Gasteiger partial charge in [-0.2, -0.15) is 0 Å². The zero-order valence-electron chi connectivity index (χ0n) is 15.0. The SMILES string of the molecule is Cc1ccccc1OCC(=O)O[C@@H](C)C(=O)c1c(C)[nH]c2ccccc12. The lowest BCUT2D eigenvalue weighted by Gasteiger charge is -2.13. The third-order valence-electron chi connectivity index (χ3n) is 4.26. The molecule has 3 aromatic rings. The van der Waals surface area contributed by atoms with Crippen molar-refractivity contribution in [2.75, 3.05) is 6.61 Å². The van der Waals surface area contributed by atoms with Crippen LogP contribution < -0.4 is 4.74 Å². The second-order valence-corrected chi connectivity index (χ2v) is 6.22. The minimum Gasteiger partial charge on any atom is -0.482 e. The number of para-hydroxylation sites is 2. The van der Waals surface area contributed by atoms with Crippen LogP contribution in [0.5, 0.6) is 5.75 Å². The molecule has 2 aromatic carbocycles. The fourth-order valence-electron chi connectivity index (χ4n) is 2.94. The van der Waals surface area contributed by atoms with Gasteiger partial charge in [0, 0.05) is 22.2 Å². The molecule has 0 aliphatic carbocycles. The maximum absolute atomic E-state index is 12.8. The van der Waals surface area contributed by atoms with Crippen molar-refractivity contribution in [2.45, 2.75) is 26.9 Å². The van der Waals surface area contributed by atoms with E-state index in [9.17, 15) is 9.59 Å². The fraction of sp³-hybridized carbons (Fsp3) is 0.238. The summed E-state index contributed by atoms with van der Waals surface area (Å²) in [7, 11) is 0. The number of nitrogens with one attached hydrogen (secondary N) is 1. The zero-order chi connectivity index (χ0) is 18.7. The van der Waals surface area contributed by atoms with Gasteiger partial charge in [-0.1, -0.05) is 36.4 Å². The lowest BCUT2D eigenvalue weighted by molar-refractivity contribution is -0.148. The summed E-state index contributed by atoms with van der Waals surface area (Å²) in [5.74, 6) is -0.188. The average Bonchev–Trinajstić information content (AvgIpc) is 2.96. The molecule has 1 atom stereocenters. The lowest BCUT2D eigenvalue weighted by Crippen LogP contribution is -2.27. The highest BCUT2D eigenvalue weighted by atomic mass is 16.6. The van der Waals surface area contributed by atoms with Gasteiger partial charge in [0.1, 0.15) is 5.75 Å². The van der Waals surface area contributed by atoms with Crippen LogP contribution >= 0.6 is 0 Å². The van der Waals surface area contributed by atoms with Gasteiger partial charge in [-0.15, -0.1) is 0 Å². The first-order chi connectivity index (χ1) is 12.5. The monoisotopic (exact) mass is 351 g/mol. The first kappa shape index (κ1) is 17.7. The van der Waals surface area contributed by atoms with Gasteiger partial charge in [-0.25, -0.2) is 4.79 Å². The Bertz CT molecular complexity index is 958. The van der Waals surface area contributed by atoms with E-state index in [4.69, 9.17) is 9.47 Å². The molecule has 1 heterocycles. The van der Waals surface area contributed by atoms with Crippen molar-refractivity contribution in [1.82, 2.24) is 4.98 Å². The number of Topliss-reactive ketones (excluding diaryl/α,β-unsaturated/α-hetero) is 1. The molecule has 26 heavy (non-hydrogen) atoms. The first-order valence-corrected chi connectivity index (χ1v) is 8.47. The van der Waals surface area contributed by atoms with Crippen LogP contribution in [-0.2, 0) is 9.53 Å². The van der Waals surface area contributed by atoms with Crippen LogP contribution in [0, 0.1) is 13.8 Å². The summed E-state index contributed by atoms with van der Waals surface area (Å²) in [6.07, 6.45) is -0.888. The van der Waals surface area contributed by atoms with Crippen LogP contribution in [0.4, 0.5) is 0 Å². The normalized spacial score (nSPS) is 12.0. The third kappa shape index (κ3) is 3.61. The van der Waals surface area contributed by atoms with Crippen LogP contribution in [0.25, 0.3) is 10.9 Å². The van der Waals surface area contributed by atoms with Crippen molar-refractivity contribution < 1.29 is 19.1 Å². The number of aromatic amines is 1. The summed E-state index contributed by atoms with van der Waals surface area (Å²) in [6.45, 7) is 5.07. The highest BCUT2D eigenvalue weighted by molar-refractivity contribution is 6.11. The molecule has 0 saturated heterocycles. The quantitative estimate of drug-likeness (QED) is 0.539. The summed E-state index contributed by atoms with van der Waals surface area (Å²) in [5, 5.41) is 0.828. The van der Waals surface area contributed by atoms with Gasteiger partial charge in [0.15, 0.2) is 12.7 Å². The van der Waals surface area contributed by atoms with Crippen molar-refractivity contribution in [3.05, 3.63) is 65.4 Å². The Labute approximate surface area is 151 Å². The van der Waals surface area contributed by atoms with Gasteiger partial charge in [0.25, 0.3) is 0 Å². The highest BCUT2D eigenvalue weighted by Crippen LogP contribution is 2.24. The van der Waals surface area contributed by atoms with Crippen molar-refractivity contribution in [3.63, 3.8) is 0 Å². The largest absolute Gasteiger partial charge is 0.482 e. The van der Waals surface area contributed by atoms with Gasteiger partial charge < -0.3 is 14.5 Å². The summed E-state index contributed by atoms with van der Waals surface area (Å²) in [4.78, 5) is 28.0. The number of aromatic nitrogens is 1. The van der Waals surface area contributed by atoms with Crippen molar-refractivity contribution >= 4 is 22.7 Å². The molecule has 134 valence electrons. The zero-order valence-corrected chi connectivity index (χ0v) is 15.0. The summed E-state index contributed by atoms with van der Waals surface area (Å²) in [5.41, 5.74) is 3.13. The number of aryl methyl sites for hydroxylation is 2. The highest BCUT2D eigenvalue weighted by Gasteiger charge is 2.24. The van der Waals surface area contributed by atoms with E-state index in [1.807, 2.05) is 56.3 Å². The van der Waals surface area contributed by atoms with Gasteiger partial charge in [0.2, 0.25) is 5.78 Å². The Kier molecular flexibility index (Phi) is 5.07. The molecule has 0 radical (unpaired) electrons. The number of carbonyl (C=O) groups is 2. The molecule has 0 fully saturated rings. The van der Waals surface area contributed by atoms with Crippen LogP contribution in [0.2, 0.25) is 0 Å². The van der Waals surface area contributed by atoms with Crippen LogP contribution in [0.1, 0.15) is 28.5 Å². The molecule has 5 heteroatoms. The number of fused-ring (bicyclic) bond motifs is 1. The molecule has 0 unspecified atom stereocenters. The number of hydrogen-bond acceptors (Lipinski definition) is 4. The predicted octanol–water partition coefficient (Wildman–Crippen LogP) is 3.98. The first-order valence-electron chi connectivity index (χ1n) is 8.47. The summed E-state index contributed by atoms with van der Waals surface area (Å²) < 4.78 is 10.7.